The van der Waals surface area contributed by atoms with E-state index in [0.29, 0.717) is 0 Å². The molecule has 1 saturated heterocycles. The molecule has 2 nitrogen and oxygen atoms in total. The molecular weight excluding hydrogens is 276 g/mol. The molecule has 48 valence electrons. The summed E-state index contributed by atoms with van der Waals surface area (Å²) >= 11 is 0. The van der Waals surface area contributed by atoms with Crippen molar-refractivity contribution < 1.29 is 30.5 Å². The van der Waals surface area contributed by atoms with Crippen LogP contribution in [-0.4, -0.2) is 26.9 Å². The van der Waals surface area contributed by atoms with E-state index in [2.05, 4.69) is 0 Å². The molecule has 0 saturated carbocycles. The van der Waals surface area contributed by atoms with Gasteiger partial charge < -0.3 is 9.47 Å². The van der Waals surface area contributed by atoms with Crippen LogP contribution in [-0.2, 0) is 30.5 Å². The molecule has 0 spiro atoms. The smallest absolute Gasteiger partial charge is 0.0319 e. The van der Waals surface area contributed by atoms with Crippen molar-refractivity contribution in [1.82, 2.24) is 0 Å². The van der Waals surface area contributed by atoms with Crippen molar-refractivity contribution in [2.24, 2.45) is 0 Å². The normalized spacial score (nSPS) is 19.1. The van der Waals surface area contributed by atoms with Gasteiger partial charge in [0.2, 0.25) is 0 Å². The summed E-state index contributed by atoms with van der Waals surface area (Å²) in [4.78, 5) is 0. The van der Waals surface area contributed by atoms with Crippen LogP contribution in [0.1, 0.15) is 0 Å². The molecule has 1 rings (SSSR count). The second-order valence-electron chi connectivity index (χ2n) is 1.68. The van der Waals surface area contributed by atoms with Gasteiger partial charge in [0.25, 0.3) is 0 Å². The van der Waals surface area contributed by atoms with Crippen molar-refractivity contribution in [2.45, 2.75) is 0 Å². The first-order valence-corrected chi connectivity index (χ1v) is 2.33. The van der Waals surface area contributed by atoms with E-state index in [1.54, 1.807) is 7.11 Å². The number of hydrogen-bond donors (Lipinski definition) is 0. The molecule has 1 heterocycles. The van der Waals surface area contributed by atoms with E-state index in [1.165, 1.54) is 5.92 Å². The third-order valence-electron chi connectivity index (χ3n) is 0.961. The minimum atomic E-state index is 0. The van der Waals surface area contributed by atoms with Gasteiger partial charge in [-0.25, -0.2) is 5.92 Å². The standard InChI is InChI=1S/C5H9O2.W/c1-6-2-5-3-7-4-5;/h2-4H2,1H3;/q-1;. The van der Waals surface area contributed by atoms with Crippen LogP contribution < -0.4 is 0 Å². The molecule has 0 N–H and O–H groups in total. The maximum Gasteiger partial charge on any atom is 0.0319 e. The number of ether oxygens (including phenoxy) is 2. The first-order chi connectivity index (χ1) is 3.43. The topological polar surface area (TPSA) is 18.5 Å². The van der Waals surface area contributed by atoms with Crippen molar-refractivity contribution in [2.75, 3.05) is 26.9 Å². The predicted octanol–water partition coefficient (Wildman–Crippen LogP) is 0.235. The SMILES string of the molecule is COC[C-]1COC1.[W]. The van der Waals surface area contributed by atoms with Gasteiger partial charge in [0.15, 0.2) is 0 Å². The Bertz CT molecular complexity index is 54.4. The van der Waals surface area contributed by atoms with Crippen LogP contribution in [0.25, 0.3) is 0 Å². The third-order valence-corrected chi connectivity index (χ3v) is 0.961. The second-order valence-corrected chi connectivity index (χ2v) is 1.68. The van der Waals surface area contributed by atoms with Gasteiger partial charge in [-0.3, -0.25) is 0 Å². The van der Waals surface area contributed by atoms with Gasteiger partial charge in [0.1, 0.15) is 0 Å². The number of methoxy groups -OCH3 is 1. The zero-order valence-electron chi connectivity index (χ0n) is 4.85. The molecule has 0 radical (unpaired) electrons. The second kappa shape index (κ2) is 4.48. The van der Waals surface area contributed by atoms with Gasteiger partial charge in [-0.15, -0.1) is 0 Å². The molecule has 0 unspecified atom stereocenters. The predicted molar refractivity (Wildman–Crippen MR) is 25.9 cm³/mol. The minimum absolute atomic E-state index is 0. The fraction of sp³-hybridized carbons (Fsp3) is 0.800. The Labute approximate surface area is 63.8 Å². The summed E-state index contributed by atoms with van der Waals surface area (Å²) in [7, 11) is 1.70. The van der Waals surface area contributed by atoms with E-state index < -0.39 is 0 Å². The van der Waals surface area contributed by atoms with Gasteiger partial charge in [-0.05, 0) is 0 Å². The van der Waals surface area contributed by atoms with E-state index in [9.17, 15) is 0 Å². The Balaban J connectivity index is 0.000000490. The molecule has 0 aliphatic carbocycles. The third kappa shape index (κ3) is 2.25. The Morgan fingerprint density at radius 2 is 2.25 bits per heavy atom. The largest absolute Gasteiger partial charge is 0.444 e. The number of rotatable bonds is 2. The van der Waals surface area contributed by atoms with Crippen LogP contribution in [0.2, 0.25) is 0 Å². The van der Waals surface area contributed by atoms with E-state index >= 15 is 0 Å². The first-order valence-electron chi connectivity index (χ1n) is 2.33. The summed E-state index contributed by atoms with van der Waals surface area (Å²) in [6.45, 7) is 2.40. The van der Waals surface area contributed by atoms with E-state index in [4.69, 9.17) is 9.47 Å². The summed E-state index contributed by atoms with van der Waals surface area (Å²) in [5, 5.41) is 0. The van der Waals surface area contributed by atoms with Crippen molar-refractivity contribution in [3.63, 3.8) is 0 Å². The quantitative estimate of drug-likeness (QED) is 0.676. The van der Waals surface area contributed by atoms with Crippen molar-refractivity contribution >= 4 is 0 Å². The maximum atomic E-state index is 4.87. The molecule has 3 heteroatoms. The van der Waals surface area contributed by atoms with Crippen LogP contribution in [0.3, 0.4) is 0 Å². The molecule has 1 aliphatic rings. The van der Waals surface area contributed by atoms with Crippen LogP contribution in [0, 0.1) is 5.92 Å². The van der Waals surface area contributed by atoms with Gasteiger partial charge in [0.05, 0.1) is 0 Å². The summed E-state index contributed by atoms with van der Waals surface area (Å²) < 4.78 is 9.70. The summed E-state index contributed by atoms with van der Waals surface area (Å²) in [6.07, 6.45) is 0. The molecular formula is C5H9O2W-. The molecule has 0 aromatic carbocycles. The Hall–Kier alpha value is 0.608. The fourth-order valence-corrected chi connectivity index (χ4v) is 0.534. The maximum absolute atomic E-state index is 4.87. The van der Waals surface area contributed by atoms with E-state index in [-0.39, 0.29) is 21.1 Å². The van der Waals surface area contributed by atoms with Crippen molar-refractivity contribution in [3.05, 3.63) is 5.92 Å². The molecule has 0 aromatic rings. The summed E-state index contributed by atoms with van der Waals surface area (Å²) in [5.41, 5.74) is 0. The van der Waals surface area contributed by atoms with Crippen molar-refractivity contribution in [3.8, 4) is 0 Å². The molecule has 0 aromatic heterocycles. The fourth-order valence-electron chi connectivity index (χ4n) is 0.534. The monoisotopic (exact) mass is 285 g/mol. The Morgan fingerprint density at radius 3 is 2.38 bits per heavy atom. The molecule has 0 atom stereocenters. The zero-order chi connectivity index (χ0) is 5.11. The van der Waals surface area contributed by atoms with Gasteiger partial charge in [0, 0.05) is 28.2 Å². The van der Waals surface area contributed by atoms with E-state index in [1.807, 2.05) is 0 Å². The van der Waals surface area contributed by atoms with Gasteiger partial charge in [-0.2, -0.15) is 0 Å². The summed E-state index contributed by atoms with van der Waals surface area (Å²) in [5.74, 6) is 1.36. The summed E-state index contributed by atoms with van der Waals surface area (Å²) in [6, 6.07) is 0. The van der Waals surface area contributed by atoms with Crippen molar-refractivity contribution in [1.29, 1.82) is 0 Å². The van der Waals surface area contributed by atoms with Crippen LogP contribution in [0.15, 0.2) is 0 Å². The molecule has 0 bridgehead atoms. The zero-order valence-corrected chi connectivity index (χ0v) is 7.78. The molecule has 8 heavy (non-hydrogen) atoms. The first kappa shape index (κ1) is 8.61. The minimum Gasteiger partial charge on any atom is -0.444 e. The Kier molecular flexibility index (Phi) is 4.82. The van der Waals surface area contributed by atoms with Gasteiger partial charge in [-0.1, -0.05) is 19.8 Å². The van der Waals surface area contributed by atoms with Crippen LogP contribution in [0.5, 0.6) is 0 Å². The number of hydrogen-bond acceptors (Lipinski definition) is 2. The molecule has 1 aliphatic heterocycles. The van der Waals surface area contributed by atoms with Crippen LogP contribution >= 0.6 is 0 Å². The van der Waals surface area contributed by atoms with Crippen LogP contribution in [0.4, 0.5) is 0 Å². The Morgan fingerprint density at radius 1 is 1.62 bits per heavy atom. The average Bonchev–Trinajstić information content (AvgIpc) is 1.55. The van der Waals surface area contributed by atoms with Gasteiger partial charge >= 0.3 is 0 Å². The molecule has 0 amide bonds. The van der Waals surface area contributed by atoms with E-state index in [0.717, 1.165) is 19.8 Å². The average molecular weight is 285 g/mol. The molecule has 1 fully saturated rings.